The first kappa shape index (κ1) is 12.8. The highest BCUT2D eigenvalue weighted by atomic mass is 35.5. The molecule has 1 aromatic carbocycles. The Kier molecular flexibility index (Phi) is 5.12. The SMILES string of the molecule is CCCOc1ccc(Cl)cc1NC(=O)CC. The van der Waals surface area contributed by atoms with Crippen molar-refractivity contribution in [1.29, 1.82) is 0 Å². The van der Waals surface area contributed by atoms with Crippen molar-refractivity contribution in [3.8, 4) is 5.75 Å². The van der Waals surface area contributed by atoms with Gasteiger partial charge in [-0.1, -0.05) is 25.4 Å². The zero-order chi connectivity index (χ0) is 12.0. The molecule has 0 saturated carbocycles. The molecule has 1 N–H and O–H groups in total. The molecule has 0 saturated heterocycles. The lowest BCUT2D eigenvalue weighted by atomic mass is 10.2. The number of anilines is 1. The normalized spacial score (nSPS) is 9.94. The third kappa shape index (κ3) is 3.74. The van der Waals surface area contributed by atoms with Crippen LogP contribution in [0, 0.1) is 0 Å². The fourth-order valence-corrected chi connectivity index (χ4v) is 1.35. The predicted octanol–water partition coefficient (Wildman–Crippen LogP) is 3.48. The minimum atomic E-state index is -0.0522. The molecule has 0 unspecified atom stereocenters. The first-order valence-electron chi connectivity index (χ1n) is 5.39. The molecule has 0 bridgehead atoms. The van der Waals surface area contributed by atoms with Crippen molar-refractivity contribution in [2.75, 3.05) is 11.9 Å². The molecular formula is C12H16ClNO2. The molecule has 0 aliphatic heterocycles. The zero-order valence-corrected chi connectivity index (χ0v) is 10.3. The van der Waals surface area contributed by atoms with Crippen LogP contribution in [0.2, 0.25) is 5.02 Å². The Bertz CT molecular complexity index is 366. The molecule has 88 valence electrons. The fraction of sp³-hybridized carbons (Fsp3) is 0.417. The quantitative estimate of drug-likeness (QED) is 0.857. The summed E-state index contributed by atoms with van der Waals surface area (Å²) in [6.45, 7) is 4.45. The molecule has 0 spiro atoms. The number of hydrogen-bond acceptors (Lipinski definition) is 2. The third-order valence-electron chi connectivity index (χ3n) is 2.00. The maximum absolute atomic E-state index is 11.3. The molecule has 0 atom stereocenters. The Morgan fingerprint density at radius 1 is 1.44 bits per heavy atom. The van der Waals surface area contributed by atoms with Crippen LogP contribution in [0.3, 0.4) is 0 Å². The van der Waals surface area contributed by atoms with Crippen molar-refractivity contribution in [2.24, 2.45) is 0 Å². The summed E-state index contributed by atoms with van der Waals surface area (Å²) >= 11 is 5.87. The first-order valence-corrected chi connectivity index (χ1v) is 5.77. The van der Waals surface area contributed by atoms with Gasteiger partial charge in [0.1, 0.15) is 5.75 Å². The topological polar surface area (TPSA) is 38.3 Å². The molecular weight excluding hydrogens is 226 g/mol. The van der Waals surface area contributed by atoms with Gasteiger partial charge in [-0.3, -0.25) is 4.79 Å². The summed E-state index contributed by atoms with van der Waals surface area (Å²) < 4.78 is 5.51. The molecule has 1 amide bonds. The summed E-state index contributed by atoms with van der Waals surface area (Å²) in [5, 5.41) is 3.34. The van der Waals surface area contributed by atoms with Crippen molar-refractivity contribution >= 4 is 23.2 Å². The van der Waals surface area contributed by atoms with Gasteiger partial charge in [0.15, 0.2) is 0 Å². The number of amides is 1. The zero-order valence-electron chi connectivity index (χ0n) is 9.55. The maximum Gasteiger partial charge on any atom is 0.224 e. The largest absolute Gasteiger partial charge is 0.491 e. The van der Waals surface area contributed by atoms with Crippen LogP contribution in [0.25, 0.3) is 0 Å². The fourth-order valence-electron chi connectivity index (χ4n) is 1.18. The van der Waals surface area contributed by atoms with E-state index in [-0.39, 0.29) is 5.91 Å². The maximum atomic E-state index is 11.3. The van der Waals surface area contributed by atoms with Crippen molar-refractivity contribution in [3.63, 3.8) is 0 Å². The summed E-state index contributed by atoms with van der Waals surface area (Å²) in [5.74, 6) is 0.608. The van der Waals surface area contributed by atoms with Crippen LogP contribution in [0.1, 0.15) is 26.7 Å². The Hall–Kier alpha value is -1.22. The Labute approximate surface area is 101 Å². The second-order valence-corrected chi connectivity index (χ2v) is 3.83. The van der Waals surface area contributed by atoms with Gasteiger partial charge in [0.05, 0.1) is 12.3 Å². The van der Waals surface area contributed by atoms with E-state index in [4.69, 9.17) is 16.3 Å². The number of carbonyl (C=O) groups excluding carboxylic acids is 1. The Balaban J connectivity index is 2.84. The van der Waals surface area contributed by atoms with Crippen molar-refractivity contribution in [2.45, 2.75) is 26.7 Å². The minimum Gasteiger partial charge on any atom is -0.491 e. The molecule has 0 aliphatic rings. The van der Waals surface area contributed by atoms with E-state index in [1.165, 1.54) is 0 Å². The number of ether oxygens (including phenoxy) is 1. The van der Waals surface area contributed by atoms with Gasteiger partial charge in [0, 0.05) is 11.4 Å². The summed E-state index contributed by atoms with van der Waals surface area (Å²) in [6.07, 6.45) is 1.35. The predicted molar refractivity (Wildman–Crippen MR) is 66.2 cm³/mol. The summed E-state index contributed by atoms with van der Waals surface area (Å²) in [5.41, 5.74) is 0.632. The number of nitrogens with one attached hydrogen (secondary N) is 1. The first-order chi connectivity index (χ1) is 7.67. The summed E-state index contributed by atoms with van der Waals surface area (Å²) in [4.78, 5) is 11.3. The molecule has 0 aliphatic carbocycles. The van der Waals surface area contributed by atoms with Gasteiger partial charge >= 0.3 is 0 Å². The van der Waals surface area contributed by atoms with E-state index in [0.29, 0.717) is 29.5 Å². The molecule has 0 aromatic heterocycles. The van der Waals surface area contributed by atoms with Gasteiger partial charge in [-0.25, -0.2) is 0 Å². The van der Waals surface area contributed by atoms with E-state index < -0.39 is 0 Å². The smallest absolute Gasteiger partial charge is 0.224 e. The van der Waals surface area contributed by atoms with Gasteiger partial charge in [0.25, 0.3) is 0 Å². The lowest BCUT2D eigenvalue weighted by Crippen LogP contribution is -2.11. The van der Waals surface area contributed by atoms with E-state index in [1.807, 2.05) is 6.92 Å². The lowest BCUT2D eigenvalue weighted by Gasteiger charge is -2.11. The highest BCUT2D eigenvalue weighted by molar-refractivity contribution is 6.31. The van der Waals surface area contributed by atoms with Crippen LogP contribution in [0.15, 0.2) is 18.2 Å². The van der Waals surface area contributed by atoms with E-state index in [1.54, 1.807) is 25.1 Å². The van der Waals surface area contributed by atoms with Gasteiger partial charge in [-0.05, 0) is 24.6 Å². The highest BCUT2D eigenvalue weighted by Gasteiger charge is 2.07. The van der Waals surface area contributed by atoms with Crippen LogP contribution in [-0.4, -0.2) is 12.5 Å². The standard InChI is InChI=1S/C12H16ClNO2/c1-3-7-16-11-6-5-9(13)8-10(11)14-12(15)4-2/h5-6,8H,3-4,7H2,1-2H3,(H,14,15). The number of carbonyl (C=O) groups is 1. The monoisotopic (exact) mass is 241 g/mol. The second kappa shape index (κ2) is 6.38. The van der Waals surface area contributed by atoms with E-state index >= 15 is 0 Å². The molecule has 1 rings (SSSR count). The molecule has 16 heavy (non-hydrogen) atoms. The van der Waals surface area contributed by atoms with Gasteiger partial charge < -0.3 is 10.1 Å². The van der Waals surface area contributed by atoms with Crippen LogP contribution < -0.4 is 10.1 Å². The summed E-state index contributed by atoms with van der Waals surface area (Å²) in [7, 11) is 0. The molecule has 0 fully saturated rings. The molecule has 1 aromatic rings. The van der Waals surface area contributed by atoms with Crippen LogP contribution in [0.4, 0.5) is 5.69 Å². The highest BCUT2D eigenvalue weighted by Crippen LogP contribution is 2.28. The molecule has 0 radical (unpaired) electrons. The van der Waals surface area contributed by atoms with E-state index in [9.17, 15) is 4.79 Å². The number of rotatable bonds is 5. The summed E-state index contributed by atoms with van der Waals surface area (Å²) in [6, 6.07) is 5.21. The van der Waals surface area contributed by atoms with E-state index in [2.05, 4.69) is 5.32 Å². The van der Waals surface area contributed by atoms with Crippen molar-refractivity contribution in [1.82, 2.24) is 0 Å². The van der Waals surface area contributed by atoms with Crippen LogP contribution in [0.5, 0.6) is 5.75 Å². The lowest BCUT2D eigenvalue weighted by molar-refractivity contribution is -0.115. The van der Waals surface area contributed by atoms with Gasteiger partial charge in [-0.2, -0.15) is 0 Å². The minimum absolute atomic E-state index is 0.0522. The van der Waals surface area contributed by atoms with Gasteiger partial charge in [-0.15, -0.1) is 0 Å². The molecule has 3 nitrogen and oxygen atoms in total. The van der Waals surface area contributed by atoms with Crippen molar-refractivity contribution in [3.05, 3.63) is 23.2 Å². The second-order valence-electron chi connectivity index (χ2n) is 3.39. The van der Waals surface area contributed by atoms with Crippen molar-refractivity contribution < 1.29 is 9.53 Å². The van der Waals surface area contributed by atoms with Gasteiger partial charge in [0.2, 0.25) is 5.91 Å². The number of hydrogen-bond donors (Lipinski definition) is 1. The number of benzene rings is 1. The molecule has 0 heterocycles. The average molecular weight is 242 g/mol. The van der Waals surface area contributed by atoms with Crippen LogP contribution in [-0.2, 0) is 4.79 Å². The Morgan fingerprint density at radius 2 is 2.19 bits per heavy atom. The molecule has 4 heteroatoms. The Morgan fingerprint density at radius 3 is 2.81 bits per heavy atom. The number of halogens is 1. The third-order valence-corrected chi connectivity index (χ3v) is 2.23. The van der Waals surface area contributed by atoms with E-state index in [0.717, 1.165) is 6.42 Å². The van der Waals surface area contributed by atoms with Crippen LogP contribution >= 0.6 is 11.6 Å². The average Bonchev–Trinajstić information content (AvgIpc) is 2.28.